The second kappa shape index (κ2) is 3.90. The van der Waals surface area contributed by atoms with Crippen LogP contribution >= 0.6 is 0 Å². The van der Waals surface area contributed by atoms with Crippen molar-refractivity contribution in [3.8, 4) is 0 Å². The van der Waals surface area contributed by atoms with Gasteiger partial charge >= 0.3 is 0 Å². The highest BCUT2D eigenvalue weighted by atomic mass is 14.8. The lowest BCUT2D eigenvalue weighted by atomic mass is 9.98. The zero-order chi connectivity index (χ0) is 6.57. The van der Waals surface area contributed by atoms with Crippen molar-refractivity contribution < 1.29 is 1.43 Å². The summed E-state index contributed by atoms with van der Waals surface area (Å²) in [6.07, 6.45) is 0. The highest BCUT2D eigenvalue weighted by molar-refractivity contribution is 4.57. The van der Waals surface area contributed by atoms with Crippen molar-refractivity contribution in [2.24, 2.45) is 11.8 Å². The van der Waals surface area contributed by atoms with Crippen LogP contribution in [-0.2, 0) is 0 Å². The molecule has 0 bridgehead atoms. The Hall–Kier alpha value is -0.0400. The van der Waals surface area contributed by atoms with Crippen LogP contribution in [0.3, 0.4) is 0 Å². The Labute approximate surface area is 54.0 Å². The van der Waals surface area contributed by atoms with Gasteiger partial charge in [0, 0.05) is 1.43 Å². The van der Waals surface area contributed by atoms with Gasteiger partial charge in [-0.05, 0) is 25.4 Å². The topological polar surface area (TPSA) is 12.0 Å². The van der Waals surface area contributed by atoms with Crippen molar-refractivity contribution in [2.75, 3.05) is 13.6 Å². The van der Waals surface area contributed by atoms with Crippen LogP contribution < -0.4 is 5.32 Å². The maximum absolute atomic E-state index is 3.15. The number of rotatable bonds is 3. The summed E-state index contributed by atoms with van der Waals surface area (Å²) < 4.78 is 0. The van der Waals surface area contributed by atoms with Crippen molar-refractivity contribution in [1.82, 2.24) is 5.32 Å². The molecule has 0 aliphatic carbocycles. The van der Waals surface area contributed by atoms with Crippen LogP contribution in [0.15, 0.2) is 0 Å². The van der Waals surface area contributed by atoms with Gasteiger partial charge in [-0.25, -0.2) is 0 Å². The molecule has 0 unspecified atom stereocenters. The molecule has 0 saturated carbocycles. The number of nitrogens with one attached hydrogen (secondary N) is 1. The van der Waals surface area contributed by atoms with E-state index < -0.39 is 0 Å². The third kappa shape index (κ3) is 3.03. The zero-order valence-electron chi connectivity index (χ0n) is 6.36. The molecule has 8 heavy (non-hydrogen) atoms. The smallest absolute Gasteiger partial charge is 0 e. The van der Waals surface area contributed by atoms with Crippen LogP contribution in [0.4, 0.5) is 0 Å². The first kappa shape index (κ1) is 7.96. The second-order valence-electron chi connectivity index (χ2n) is 2.78. The molecule has 1 nitrogen and oxygen atoms in total. The molecule has 1 atom stereocenters. The monoisotopic (exact) mass is 117 g/mol. The van der Waals surface area contributed by atoms with Crippen LogP contribution in [0.1, 0.15) is 22.2 Å². The Morgan fingerprint density at radius 1 is 1.38 bits per heavy atom. The lowest BCUT2D eigenvalue weighted by Crippen LogP contribution is -2.20. The van der Waals surface area contributed by atoms with Crippen molar-refractivity contribution >= 4 is 0 Å². The molecule has 0 aromatic carbocycles. The second-order valence-corrected chi connectivity index (χ2v) is 2.78. The molecule has 52 valence electrons. The summed E-state index contributed by atoms with van der Waals surface area (Å²) in [7, 11) is 2.00. The van der Waals surface area contributed by atoms with E-state index in [-0.39, 0.29) is 1.43 Å². The van der Waals surface area contributed by atoms with Gasteiger partial charge in [-0.15, -0.1) is 0 Å². The maximum Gasteiger partial charge on any atom is 0 e. The molecule has 0 aliphatic rings. The molecule has 0 aromatic rings. The van der Waals surface area contributed by atoms with Gasteiger partial charge in [0.1, 0.15) is 0 Å². The largest absolute Gasteiger partial charge is 0.319 e. The maximum atomic E-state index is 3.15. The molecule has 0 fully saturated rings. The molecule has 0 saturated heterocycles. The molecule has 0 amide bonds. The number of hydrogen-bond acceptors (Lipinski definition) is 1. The Balaban J connectivity index is 0. The van der Waals surface area contributed by atoms with Crippen molar-refractivity contribution in [2.45, 2.75) is 20.8 Å². The van der Waals surface area contributed by atoms with Gasteiger partial charge < -0.3 is 5.32 Å². The van der Waals surface area contributed by atoms with E-state index in [4.69, 9.17) is 0 Å². The molecule has 0 heterocycles. The summed E-state index contributed by atoms with van der Waals surface area (Å²) in [4.78, 5) is 0. The standard InChI is InChI=1S/C7H17N.H2/c1-6(2)7(3)5-8-4;/h6-8H,5H2,1-4H3;1H/t7-;/m1./s1. The fourth-order valence-electron chi connectivity index (χ4n) is 0.558. The van der Waals surface area contributed by atoms with Gasteiger partial charge in [0.2, 0.25) is 0 Å². The van der Waals surface area contributed by atoms with Gasteiger partial charge in [-0.3, -0.25) is 0 Å². The highest BCUT2D eigenvalue weighted by Gasteiger charge is 2.03. The SMILES string of the molecule is CNC[C@@H](C)C(C)C.[HH]. The Morgan fingerprint density at radius 3 is 2.00 bits per heavy atom. The molecule has 0 rings (SSSR count). The van der Waals surface area contributed by atoms with Crippen LogP contribution in [0.2, 0.25) is 0 Å². The molecular formula is C7H19N. The first-order valence-electron chi connectivity index (χ1n) is 3.33. The van der Waals surface area contributed by atoms with Crippen molar-refractivity contribution in [1.29, 1.82) is 0 Å². The minimum Gasteiger partial charge on any atom is -0.319 e. The summed E-state index contributed by atoms with van der Waals surface area (Å²) in [5.74, 6) is 1.61. The lowest BCUT2D eigenvalue weighted by molar-refractivity contribution is 0.405. The lowest BCUT2D eigenvalue weighted by Gasteiger charge is -2.13. The Morgan fingerprint density at radius 2 is 1.88 bits per heavy atom. The summed E-state index contributed by atoms with van der Waals surface area (Å²) in [6, 6.07) is 0. The Bertz CT molecular complexity index is 54.9. The molecule has 1 heteroatoms. The van der Waals surface area contributed by atoms with Gasteiger partial charge in [0.05, 0.1) is 0 Å². The highest BCUT2D eigenvalue weighted by Crippen LogP contribution is 2.06. The third-order valence-corrected chi connectivity index (χ3v) is 1.66. The van der Waals surface area contributed by atoms with Gasteiger partial charge in [-0.2, -0.15) is 0 Å². The minimum atomic E-state index is 0. The molecule has 0 radical (unpaired) electrons. The molecule has 1 N–H and O–H groups in total. The van der Waals surface area contributed by atoms with E-state index in [0.29, 0.717) is 0 Å². The fraction of sp³-hybridized carbons (Fsp3) is 1.00. The average Bonchev–Trinajstić information content (AvgIpc) is 1.67. The molecule has 0 aliphatic heterocycles. The van der Waals surface area contributed by atoms with Gasteiger partial charge in [0.25, 0.3) is 0 Å². The van der Waals surface area contributed by atoms with Crippen LogP contribution in [0.5, 0.6) is 0 Å². The van der Waals surface area contributed by atoms with E-state index in [1.165, 1.54) is 0 Å². The third-order valence-electron chi connectivity index (χ3n) is 1.66. The zero-order valence-corrected chi connectivity index (χ0v) is 6.36. The van der Waals surface area contributed by atoms with Gasteiger partial charge in [-0.1, -0.05) is 20.8 Å². The summed E-state index contributed by atoms with van der Waals surface area (Å²) in [5, 5.41) is 3.15. The quantitative estimate of drug-likeness (QED) is 0.593. The summed E-state index contributed by atoms with van der Waals surface area (Å²) in [5.41, 5.74) is 0. The van der Waals surface area contributed by atoms with E-state index in [1.807, 2.05) is 7.05 Å². The fourth-order valence-corrected chi connectivity index (χ4v) is 0.558. The normalized spacial score (nSPS) is 14.6. The van der Waals surface area contributed by atoms with Crippen LogP contribution in [0, 0.1) is 11.8 Å². The predicted octanol–water partition coefficient (Wildman–Crippen LogP) is 1.74. The predicted molar refractivity (Wildman–Crippen MR) is 40.0 cm³/mol. The summed E-state index contributed by atoms with van der Waals surface area (Å²) >= 11 is 0. The molecule has 0 aromatic heterocycles. The first-order chi connectivity index (χ1) is 3.68. The van der Waals surface area contributed by atoms with Crippen LogP contribution in [0.25, 0.3) is 0 Å². The van der Waals surface area contributed by atoms with E-state index >= 15 is 0 Å². The number of hydrogen-bond donors (Lipinski definition) is 1. The van der Waals surface area contributed by atoms with E-state index in [9.17, 15) is 0 Å². The summed E-state index contributed by atoms with van der Waals surface area (Å²) in [6.45, 7) is 7.91. The minimum absolute atomic E-state index is 0. The van der Waals surface area contributed by atoms with Crippen molar-refractivity contribution in [3.63, 3.8) is 0 Å². The average molecular weight is 117 g/mol. The van der Waals surface area contributed by atoms with E-state index in [1.54, 1.807) is 0 Å². The van der Waals surface area contributed by atoms with Gasteiger partial charge in [0.15, 0.2) is 0 Å². The molecular weight excluding hydrogens is 98.1 g/mol. The molecule has 0 spiro atoms. The van der Waals surface area contributed by atoms with Crippen molar-refractivity contribution in [3.05, 3.63) is 0 Å². The Kier molecular flexibility index (Phi) is 3.88. The first-order valence-corrected chi connectivity index (χ1v) is 3.33. The van der Waals surface area contributed by atoms with Crippen LogP contribution in [-0.4, -0.2) is 13.6 Å². The van der Waals surface area contributed by atoms with E-state index in [2.05, 4.69) is 26.1 Å². The van der Waals surface area contributed by atoms with E-state index in [0.717, 1.165) is 18.4 Å².